The summed E-state index contributed by atoms with van der Waals surface area (Å²) in [6.45, 7) is -0.610. The molecule has 1 aliphatic heterocycles. The number of ether oxygens (including phenoxy) is 2. The monoisotopic (exact) mass is 498 g/mol. The highest BCUT2D eigenvalue weighted by molar-refractivity contribution is 6.53. The second-order valence-corrected chi connectivity index (χ2v) is 7.87. The first-order valence-corrected chi connectivity index (χ1v) is 9.86. The summed E-state index contributed by atoms with van der Waals surface area (Å²) in [6, 6.07) is 3.40. The minimum absolute atomic E-state index is 0.133. The molecule has 1 saturated heterocycles. The van der Waals surface area contributed by atoms with Crippen molar-refractivity contribution in [2.24, 2.45) is 0 Å². The molecule has 1 aliphatic rings. The number of halogens is 2. The molecule has 1 fully saturated rings. The van der Waals surface area contributed by atoms with Gasteiger partial charge in [-0.1, -0.05) is 23.2 Å². The Morgan fingerprint density at radius 2 is 1.75 bits per heavy atom. The number of carbonyl (C=O) groups is 2. The van der Waals surface area contributed by atoms with E-state index in [1.165, 1.54) is 12.1 Å². The van der Waals surface area contributed by atoms with E-state index in [4.69, 9.17) is 37.8 Å². The second kappa shape index (κ2) is 11.2. The Morgan fingerprint density at radius 3 is 2.25 bits per heavy atom. The Hall–Kier alpha value is -2.10. The molecular formula is C17H20Cl2N2O11. The molecule has 1 amide bonds. The van der Waals surface area contributed by atoms with Gasteiger partial charge in [-0.05, 0) is 17.7 Å². The number of aliphatic hydroxyl groups is 4. The fourth-order valence-electron chi connectivity index (χ4n) is 2.87. The van der Waals surface area contributed by atoms with E-state index in [0.717, 1.165) is 12.1 Å². The molecule has 0 radical (unpaired) electrons. The van der Waals surface area contributed by atoms with Gasteiger partial charge in [0.05, 0.1) is 17.6 Å². The number of nitrogens with one attached hydrogen (secondary N) is 1. The number of benzene rings is 1. The average molecular weight is 499 g/mol. The van der Waals surface area contributed by atoms with Crippen LogP contribution in [0.5, 0.6) is 0 Å². The summed E-state index contributed by atoms with van der Waals surface area (Å²) in [4.78, 5) is 31.7. The van der Waals surface area contributed by atoms with Crippen molar-refractivity contribution in [3.8, 4) is 0 Å². The van der Waals surface area contributed by atoms with Crippen molar-refractivity contribution in [2.75, 3.05) is 6.61 Å². The van der Waals surface area contributed by atoms with Crippen LogP contribution in [0.1, 0.15) is 11.7 Å². The lowest BCUT2D eigenvalue weighted by Crippen LogP contribution is -2.61. The molecule has 1 aromatic rings. The summed E-state index contributed by atoms with van der Waals surface area (Å²) in [5.41, 5.74) is -0.112. The quantitative estimate of drug-likeness (QED) is 0.135. The Bertz CT molecular complexity index is 825. The molecule has 32 heavy (non-hydrogen) atoms. The Kier molecular flexibility index (Phi) is 9.12. The van der Waals surface area contributed by atoms with Crippen LogP contribution in [0.4, 0.5) is 5.69 Å². The van der Waals surface area contributed by atoms with Crippen molar-refractivity contribution >= 4 is 40.8 Å². The van der Waals surface area contributed by atoms with Gasteiger partial charge in [-0.3, -0.25) is 14.9 Å². The second-order valence-electron chi connectivity index (χ2n) is 6.78. The van der Waals surface area contributed by atoms with Gasteiger partial charge < -0.3 is 40.3 Å². The number of alkyl halides is 2. The zero-order valence-corrected chi connectivity index (χ0v) is 17.5. The number of nitro benzene ring substituents is 1. The highest BCUT2D eigenvalue weighted by atomic mass is 35.5. The normalized spacial score (nSPS) is 27.5. The van der Waals surface area contributed by atoms with E-state index in [9.17, 15) is 40.1 Å². The van der Waals surface area contributed by atoms with E-state index in [1.54, 1.807) is 0 Å². The number of carbonyl (C=O) groups excluding carboxylic acids is 1. The first-order chi connectivity index (χ1) is 14.9. The van der Waals surface area contributed by atoms with Gasteiger partial charge >= 0.3 is 5.97 Å². The van der Waals surface area contributed by atoms with Crippen molar-refractivity contribution in [3.63, 3.8) is 0 Å². The van der Waals surface area contributed by atoms with E-state index in [1.807, 2.05) is 0 Å². The molecule has 6 N–H and O–H groups in total. The molecule has 0 aromatic heterocycles. The molecule has 178 valence electrons. The standard InChI is InChI=1S/C17H20Cl2N2O11/c18-14(19)15(26)20-8(9(22)6-1-3-7(4-2-6)21(29)30)5-31-17-12(25)10(23)11(24)13(32-17)16(27)28/h1-4,8-14,17,22-25H,5H2,(H,20,26)(H,27,28)/t8-,9-,10+,11+,12-,13+,17-/m1/s1. The molecule has 0 bridgehead atoms. The number of carboxylic acid groups (broad SMARTS) is 1. The lowest BCUT2D eigenvalue weighted by Gasteiger charge is -2.39. The summed E-state index contributed by atoms with van der Waals surface area (Å²) >= 11 is 11.0. The van der Waals surface area contributed by atoms with Crippen LogP contribution in [-0.4, -0.2) is 90.5 Å². The Labute approximate surface area is 190 Å². The van der Waals surface area contributed by atoms with Gasteiger partial charge in [-0.15, -0.1) is 0 Å². The number of nitro groups is 1. The van der Waals surface area contributed by atoms with Crippen molar-refractivity contribution in [3.05, 3.63) is 39.9 Å². The predicted molar refractivity (Wildman–Crippen MR) is 106 cm³/mol. The zero-order chi connectivity index (χ0) is 24.2. The van der Waals surface area contributed by atoms with Crippen LogP contribution < -0.4 is 5.32 Å². The topological polar surface area (TPSA) is 209 Å². The molecule has 0 saturated carbocycles. The summed E-state index contributed by atoms with van der Waals surface area (Å²) in [5.74, 6) is -2.55. The summed E-state index contributed by atoms with van der Waals surface area (Å²) in [6.07, 6.45) is -10.9. The minimum Gasteiger partial charge on any atom is -0.479 e. The number of non-ortho nitro benzene ring substituents is 1. The van der Waals surface area contributed by atoms with Crippen molar-refractivity contribution in [2.45, 2.75) is 47.7 Å². The maximum absolute atomic E-state index is 11.9. The molecule has 1 aromatic carbocycles. The number of aliphatic hydroxyl groups excluding tert-OH is 4. The molecule has 7 atom stereocenters. The lowest BCUT2D eigenvalue weighted by molar-refractivity contribution is -0.384. The Morgan fingerprint density at radius 1 is 1.16 bits per heavy atom. The van der Waals surface area contributed by atoms with E-state index in [2.05, 4.69) is 5.32 Å². The van der Waals surface area contributed by atoms with Crippen LogP contribution in [0.15, 0.2) is 24.3 Å². The van der Waals surface area contributed by atoms with Crippen LogP contribution in [-0.2, 0) is 19.1 Å². The maximum Gasteiger partial charge on any atom is 0.335 e. The van der Waals surface area contributed by atoms with Crippen LogP contribution >= 0.6 is 23.2 Å². The third kappa shape index (κ3) is 6.24. The molecule has 0 spiro atoms. The van der Waals surface area contributed by atoms with Gasteiger partial charge in [-0.25, -0.2) is 4.79 Å². The van der Waals surface area contributed by atoms with Crippen LogP contribution in [0, 0.1) is 10.1 Å². The van der Waals surface area contributed by atoms with E-state index in [0.29, 0.717) is 0 Å². The van der Waals surface area contributed by atoms with Crippen LogP contribution in [0.2, 0.25) is 0 Å². The Balaban J connectivity index is 2.18. The number of carboxylic acids is 1. The third-order valence-electron chi connectivity index (χ3n) is 4.61. The summed E-state index contributed by atoms with van der Waals surface area (Å²) in [5, 5.41) is 62.4. The molecule has 13 nitrogen and oxygen atoms in total. The van der Waals surface area contributed by atoms with Crippen molar-refractivity contribution in [1.29, 1.82) is 0 Å². The van der Waals surface area contributed by atoms with Gasteiger partial charge in [0, 0.05) is 12.1 Å². The molecule has 1 heterocycles. The zero-order valence-electron chi connectivity index (χ0n) is 16.0. The van der Waals surface area contributed by atoms with E-state index in [-0.39, 0.29) is 11.3 Å². The lowest BCUT2D eigenvalue weighted by atomic mass is 9.99. The fraction of sp³-hybridized carbons (Fsp3) is 0.529. The fourth-order valence-corrected chi connectivity index (χ4v) is 3.00. The van der Waals surface area contributed by atoms with Gasteiger partial charge in [0.2, 0.25) is 0 Å². The van der Waals surface area contributed by atoms with Crippen molar-refractivity contribution < 1.29 is 49.5 Å². The van der Waals surface area contributed by atoms with Gasteiger partial charge in [-0.2, -0.15) is 0 Å². The number of hydrogen-bond acceptors (Lipinski definition) is 10. The molecule has 2 rings (SSSR count). The first kappa shape index (κ1) is 26.2. The first-order valence-electron chi connectivity index (χ1n) is 8.99. The number of amides is 1. The van der Waals surface area contributed by atoms with Gasteiger partial charge in [0.1, 0.15) is 24.4 Å². The third-order valence-corrected chi connectivity index (χ3v) is 5.00. The van der Waals surface area contributed by atoms with Crippen molar-refractivity contribution in [1.82, 2.24) is 5.32 Å². The highest BCUT2D eigenvalue weighted by Crippen LogP contribution is 2.25. The SMILES string of the molecule is O=C(N[C@H](CO[C@@H]1O[C@H](C(=O)O)[C@@H](O)[C@H](O)[C@H]1O)[C@H](O)c1ccc([N+](=O)[O-])cc1)C(Cl)Cl. The molecule has 0 unspecified atom stereocenters. The molecule has 15 heteroatoms. The molecule has 0 aliphatic carbocycles. The highest BCUT2D eigenvalue weighted by Gasteiger charge is 2.47. The van der Waals surface area contributed by atoms with E-state index >= 15 is 0 Å². The summed E-state index contributed by atoms with van der Waals surface area (Å²) < 4.78 is 10.2. The smallest absolute Gasteiger partial charge is 0.335 e. The van der Waals surface area contributed by atoms with Crippen LogP contribution in [0.25, 0.3) is 0 Å². The number of rotatable bonds is 9. The number of nitrogens with zero attached hydrogens (tertiary/aromatic N) is 1. The van der Waals surface area contributed by atoms with Gasteiger partial charge in [0.25, 0.3) is 11.6 Å². The van der Waals surface area contributed by atoms with E-state index < -0.39 is 71.1 Å². The van der Waals surface area contributed by atoms with Crippen LogP contribution in [0.3, 0.4) is 0 Å². The molecular weight excluding hydrogens is 479 g/mol. The largest absolute Gasteiger partial charge is 0.479 e. The summed E-state index contributed by atoms with van der Waals surface area (Å²) in [7, 11) is 0. The predicted octanol–water partition coefficient (Wildman–Crippen LogP) is -1.17. The van der Waals surface area contributed by atoms with Gasteiger partial charge in [0.15, 0.2) is 17.2 Å². The average Bonchev–Trinajstić information content (AvgIpc) is 2.75. The number of aliphatic carboxylic acids is 1. The number of hydrogen-bond donors (Lipinski definition) is 6. The minimum atomic E-state index is -1.93. The maximum atomic E-state index is 11.9.